The zero-order valence-electron chi connectivity index (χ0n) is 21.4. The molecule has 2 heterocycles. The number of likely N-dealkylation sites (tertiary alicyclic amines) is 1. The number of aliphatic hydroxyl groups excluding tert-OH is 1. The number of anilines is 1. The number of methoxy groups -OCH3 is 1. The molecule has 202 valence electrons. The monoisotopic (exact) mass is 526 g/mol. The maximum Gasteiger partial charge on any atom is 0.326 e. The van der Waals surface area contributed by atoms with E-state index < -0.39 is 17.8 Å². The van der Waals surface area contributed by atoms with Crippen molar-refractivity contribution in [3.8, 4) is 23.0 Å². The Labute approximate surface area is 219 Å². The fourth-order valence-corrected chi connectivity index (χ4v) is 4.46. The molecule has 1 aliphatic rings. The Morgan fingerprint density at radius 3 is 2.53 bits per heavy atom. The predicted molar refractivity (Wildman–Crippen MR) is 139 cm³/mol. The number of piperidine rings is 1. The number of halogens is 1. The third kappa shape index (κ3) is 6.12. The van der Waals surface area contributed by atoms with Gasteiger partial charge in [0.1, 0.15) is 12.4 Å². The molecule has 4 rings (SSSR count). The van der Waals surface area contributed by atoms with Crippen LogP contribution in [0.1, 0.15) is 19.8 Å². The molecule has 11 heteroatoms. The number of imide groups is 1. The highest BCUT2D eigenvalue weighted by Crippen LogP contribution is 2.38. The summed E-state index contributed by atoms with van der Waals surface area (Å²) in [6.07, 6.45) is 3.49. The lowest BCUT2D eigenvalue weighted by Gasteiger charge is -2.30. The molecule has 3 amide bonds. The molecule has 0 atom stereocenters. The smallest absolute Gasteiger partial charge is 0.326 e. The van der Waals surface area contributed by atoms with Gasteiger partial charge in [-0.2, -0.15) is 0 Å². The summed E-state index contributed by atoms with van der Waals surface area (Å²) >= 11 is 0. The molecule has 0 aliphatic carbocycles. The number of pyridine rings is 1. The summed E-state index contributed by atoms with van der Waals surface area (Å²) in [5.74, 6) is 0.184. The SMILES string of the molecule is COc1cc2c(Oc3ccc(N(C(C)=O)C(N)=O)cc3F)ccnc2cc1OCCN1CCC(CO)CC1. The van der Waals surface area contributed by atoms with Gasteiger partial charge in [-0.15, -0.1) is 0 Å². The van der Waals surface area contributed by atoms with Gasteiger partial charge in [0.25, 0.3) is 0 Å². The number of ether oxygens (including phenoxy) is 3. The minimum Gasteiger partial charge on any atom is -0.493 e. The second kappa shape index (κ2) is 12.1. The fourth-order valence-electron chi connectivity index (χ4n) is 4.46. The summed E-state index contributed by atoms with van der Waals surface area (Å²) in [7, 11) is 1.53. The van der Waals surface area contributed by atoms with E-state index in [2.05, 4.69) is 9.88 Å². The van der Waals surface area contributed by atoms with Crippen molar-refractivity contribution in [1.29, 1.82) is 0 Å². The van der Waals surface area contributed by atoms with Crippen LogP contribution in [0.5, 0.6) is 23.0 Å². The number of amides is 3. The molecule has 2 aromatic carbocycles. The molecule has 38 heavy (non-hydrogen) atoms. The molecule has 3 N–H and O–H groups in total. The Balaban J connectivity index is 1.51. The minimum absolute atomic E-state index is 0.00401. The molecule has 0 saturated carbocycles. The van der Waals surface area contributed by atoms with Gasteiger partial charge >= 0.3 is 6.03 Å². The summed E-state index contributed by atoms with van der Waals surface area (Å²) in [5.41, 5.74) is 5.80. The first kappa shape index (κ1) is 27.1. The Hall–Kier alpha value is -3.96. The van der Waals surface area contributed by atoms with Crippen LogP contribution in [-0.4, -0.2) is 66.9 Å². The Bertz CT molecular complexity index is 1300. The van der Waals surface area contributed by atoms with E-state index in [-0.39, 0.29) is 18.0 Å². The van der Waals surface area contributed by atoms with E-state index in [1.54, 1.807) is 18.2 Å². The number of primary amides is 1. The normalized spacial score (nSPS) is 14.3. The average Bonchev–Trinajstić information content (AvgIpc) is 2.90. The number of carbonyl (C=O) groups is 2. The van der Waals surface area contributed by atoms with Crippen molar-refractivity contribution in [2.75, 3.05) is 44.9 Å². The highest BCUT2D eigenvalue weighted by Gasteiger charge is 2.21. The highest BCUT2D eigenvalue weighted by atomic mass is 19.1. The minimum atomic E-state index is -1.01. The van der Waals surface area contributed by atoms with Gasteiger partial charge in [-0.3, -0.25) is 14.7 Å². The summed E-state index contributed by atoms with van der Waals surface area (Å²) in [5, 5.41) is 9.89. The number of benzene rings is 2. The second-order valence-electron chi connectivity index (χ2n) is 9.05. The molecule has 0 bridgehead atoms. The Morgan fingerprint density at radius 2 is 1.89 bits per heavy atom. The quantitative estimate of drug-likeness (QED) is 0.432. The van der Waals surface area contributed by atoms with Gasteiger partial charge < -0.3 is 25.1 Å². The fraction of sp³-hybridized carbons (Fsp3) is 0.370. The van der Waals surface area contributed by atoms with Crippen molar-refractivity contribution in [2.45, 2.75) is 19.8 Å². The van der Waals surface area contributed by atoms with Crippen LogP contribution >= 0.6 is 0 Å². The third-order valence-corrected chi connectivity index (χ3v) is 6.55. The molecule has 3 aromatic rings. The van der Waals surface area contributed by atoms with E-state index in [0.29, 0.717) is 45.6 Å². The first-order chi connectivity index (χ1) is 18.3. The molecule has 1 saturated heterocycles. The van der Waals surface area contributed by atoms with E-state index in [4.69, 9.17) is 19.9 Å². The molecule has 0 spiro atoms. The molecule has 1 fully saturated rings. The Morgan fingerprint density at radius 1 is 1.13 bits per heavy atom. The number of aromatic nitrogens is 1. The molecule has 10 nitrogen and oxygen atoms in total. The lowest BCUT2D eigenvalue weighted by molar-refractivity contribution is -0.115. The number of rotatable bonds is 9. The van der Waals surface area contributed by atoms with E-state index in [1.807, 2.05) is 0 Å². The van der Waals surface area contributed by atoms with Crippen LogP contribution < -0.4 is 24.8 Å². The number of nitrogens with two attached hydrogens (primary N) is 1. The number of carbonyl (C=O) groups excluding carboxylic acids is 2. The maximum absolute atomic E-state index is 14.9. The molecular weight excluding hydrogens is 495 g/mol. The van der Waals surface area contributed by atoms with Crippen molar-refractivity contribution < 1.29 is 33.3 Å². The number of nitrogens with zero attached hydrogens (tertiary/aromatic N) is 3. The molecule has 1 aromatic heterocycles. The largest absolute Gasteiger partial charge is 0.493 e. The van der Waals surface area contributed by atoms with Crippen LogP contribution in [0.15, 0.2) is 42.6 Å². The number of hydrogen-bond donors (Lipinski definition) is 2. The second-order valence-corrected chi connectivity index (χ2v) is 9.05. The van der Waals surface area contributed by atoms with Gasteiger partial charge in [0.15, 0.2) is 23.1 Å². The molecule has 0 radical (unpaired) electrons. The number of hydrogen-bond acceptors (Lipinski definition) is 8. The van der Waals surface area contributed by atoms with Crippen molar-refractivity contribution in [3.63, 3.8) is 0 Å². The van der Waals surface area contributed by atoms with Crippen LogP contribution in [0.3, 0.4) is 0 Å². The van der Waals surface area contributed by atoms with Gasteiger partial charge in [-0.25, -0.2) is 14.1 Å². The van der Waals surface area contributed by atoms with Gasteiger partial charge in [0.2, 0.25) is 5.91 Å². The summed E-state index contributed by atoms with van der Waals surface area (Å²) < 4.78 is 32.3. The van der Waals surface area contributed by atoms with E-state index in [0.717, 1.165) is 45.5 Å². The Kier molecular flexibility index (Phi) is 8.59. The van der Waals surface area contributed by atoms with Gasteiger partial charge in [-0.1, -0.05) is 0 Å². The van der Waals surface area contributed by atoms with Crippen LogP contribution in [0.4, 0.5) is 14.9 Å². The maximum atomic E-state index is 14.9. The van der Waals surface area contributed by atoms with Gasteiger partial charge in [0, 0.05) is 43.8 Å². The molecule has 1 aliphatic heterocycles. The van der Waals surface area contributed by atoms with Crippen LogP contribution in [-0.2, 0) is 4.79 Å². The zero-order valence-corrected chi connectivity index (χ0v) is 21.4. The summed E-state index contributed by atoms with van der Waals surface area (Å²) in [6, 6.07) is 7.73. The van der Waals surface area contributed by atoms with E-state index in [1.165, 1.54) is 25.4 Å². The number of fused-ring (bicyclic) bond motifs is 1. The number of aliphatic hydroxyl groups is 1. The van der Waals surface area contributed by atoms with E-state index in [9.17, 15) is 19.1 Å². The standard InChI is InChI=1S/C27H31FN4O6/c1-17(34)32(27(29)35)19-3-4-24(21(28)13-19)38-23-5-8-30-22-15-26(25(36-2)14-20(22)23)37-12-11-31-9-6-18(16-33)7-10-31/h3-5,8,13-15,18,33H,6-7,9-12,16H2,1-2H3,(H2,29,35). The van der Waals surface area contributed by atoms with Crippen molar-refractivity contribution in [1.82, 2.24) is 9.88 Å². The zero-order chi connectivity index (χ0) is 27.2. The predicted octanol–water partition coefficient (Wildman–Crippen LogP) is 3.69. The summed E-state index contributed by atoms with van der Waals surface area (Å²) in [6.45, 7) is 4.46. The van der Waals surface area contributed by atoms with Gasteiger partial charge in [0.05, 0.1) is 18.3 Å². The van der Waals surface area contributed by atoms with E-state index >= 15 is 0 Å². The molecule has 0 unspecified atom stereocenters. The van der Waals surface area contributed by atoms with Crippen molar-refractivity contribution in [2.24, 2.45) is 11.7 Å². The van der Waals surface area contributed by atoms with Crippen LogP contribution in [0, 0.1) is 11.7 Å². The lowest BCUT2D eigenvalue weighted by Crippen LogP contribution is -2.39. The van der Waals surface area contributed by atoms with Crippen LogP contribution in [0.2, 0.25) is 0 Å². The number of urea groups is 1. The third-order valence-electron chi connectivity index (χ3n) is 6.55. The van der Waals surface area contributed by atoms with Crippen LogP contribution in [0.25, 0.3) is 10.9 Å². The van der Waals surface area contributed by atoms with Crippen molar-refractivity contribution in [3.05, 3.63) is 48.4 Å². The topological polar surface area (TPSA) is 127 Å². The first-order valence-corrected chi connectivity index (χ1v) is 12.3. The first-order valence-electron chi connectivity index (χ1n) is 12.3. The summed E-state index contributed by atoms with van der Waals surface area (Å²) in [4.78, 5) is 30.6. The lowest BCUT2D eigenvalue weighted by atomic mass is 9.98. The average molecular weight is 527 g/mol. The highest BCUT2D eigenvalue weighted by molar-refractivity contribution is 6.12. The van der Waals surface area contributed by atoms with Crippen molar-refractivity contribution >= 4 is 28.5 Å². The van der Waals surface area contributed by atoms with Gasteiger partial charge in [-0.05, 0) is 56.1 Å². The molecular formula is C27H31FN4O6.